The van der Waals surface area contributed by atoms with E-state index in [1.54, 1.807) is 17.2 Å². The summed E-state index contributed by atoms with van der Waals surface area (Å²) in [5, 5.41) is 9.22. The Hall–Kier alpha value is -1.84. The lowest BCUT2D eigenvalue weighted by molar-refractivity contribution is 0.0488. The van der Waals surface area contributed by atoms with E-state index in [0.717, 1.165) is 5.56 Å². The molecule has 0 aromatic carbocycles. The number of nitrogens with zero attached hydrogens (tertiary/aromatic N) is 2. The van der Waals surface area contributed by atoms with Crippen molar-refractivity contribution in [2.75, 3.05) is 13.1 Å². The Labute approximate surface area is 113 Å². The van der Waals surface area contributed by atoms with Crippen molar-refractivity contribution in [3.05, 3.63) is 41.9 Å². The molecule has 0 radical (unpaired) electrons. The van der Waals surface area contributed by atoms with E-state index in [1.165, 1.54) is 0 Å². The molecule has 1 aromatic rings. The van der Waals surface area contributed by atoms with Crippen LogP contribution < -0.4 is 0 Å². The van der Waals surface area contributed by atoms with Crippen molar-refractivity contribution >= 4 is 5.91 Å². The lowest BCUT2D eigenvalue weighted by Crippen LogP contribution is -2.50. The lowest BCUT2D eigenvalue weighted by Gasteiger charge is -2.38. The highest BCUT2D eigenvalue weighted by atomic mass is 16.3. The van der Waals surface area contributed by atoms with Gasteiger partial charge in [-0.25, -0.2) is 0 Å². The van der Waals surface area contributed by atoms with Gasteiger partial charge in [0.1, 0.15) is 5.69 Å². The smallest absolute Gasteiger partial charge is 0.272 e. The van der Waals surface area contributed by atoms with Gasteiger partial charge in [-0.3, -0.25) is 9.78 Å². The second kappa shape index (κ2) is 4.68. The van der Waals surface area contributed by atoms with Crippen molar-refractivity contribution in [2.45, 2.75) is 26.2 Å². The average Bonchev–Trinajstić information content (AvgIpc) is 2.25. The molecule has 4 heteroatoms. The molecule has 0 bridgehead atoms. The molecule has 1 aliphatic rings. The van der Waals surface area contributed by atoms with Crippen LogP contribution in [0.1, 0.15) is 36.8 Å². The largest absolute Gasteiger partial charge is 0.513 e. The van der Waals surface area contributed by atoms with Crippen molar-refractivity contribution in [2.24, 2.45) is 5.92 Å². The first kappa shape index (κ1) is 13.6. The molecule has 0 unspecified atom stereocenters. The van der Waals surface area contributed by atoms with Gasteiger partial charge in [0.25, 0.3) is 5.91 Å². The highest BCUT2D eigenvalue weighted by Gasteiger charge is 2.33. The number of hydrogen-bond donors (Lipinski definition) is 1. The first-order valence-electron chi connectivity index (χ1n) is 6.42. The summed E-state index contributed by atoms with van der Waals surface area (Å²) in [6, 6.07) is 3.71. The molecule has 0 aliphatic carbocycles. The number of rotatable bonds is 2. The van der Waals surface area contributed by atoms with Crippen LogP contribution in [-0.2, 0) is 5.41 Å². The van der Waals surface area contributed by atoms with Gasteiger partial charge in [0.05, 0.1) is 11.7 Å². The second-order valence-electron chi connectivity index (χ2n) is 6.08. The molecule has 4 nitrogen and oxygen atoms in total. The lowest BCUT2D eigenvalue weighted by atomic mass is 9.88. The number of aliphatic hydroxyl groups excluding tert-OH is 1. The summed E-state index contributed by atoms with van der Waals surface area (Å²) < 4.78 is 0. The second-order valence-corrected chi connectivity index (χ2v) is 6.08. The molecule has 1 amide bonds. The van der Waals surface area contributed by atoms with Crippen LogP contribution in [0.2, 0.25) is 0 Å². The SMILES string of the molecule is C=C(O)C1CN(C(=O)c2ccc(C(C)(C)C)cn2)C1. The van der Waals surface area contributed by atoms with E-state index < -0.39 is 0 Å². The normalized spacial score (nSPS) is 16.1. The zero-order valence-corrected chi connectivity index (χ0v) is 11.7. The predicted octanol–water partition coefficient (Wildman–Crippen LogP) is 2.52. The number of pyridine rings is 1. The predicted molar refractivity (Wildman–Crippen MR) is 74.1 cm³/mol. The number of likely N-dealkylation sites (tertiary alicyclic amines) is 1. The zero-order valence-electron chi connectivity index (χ0n) is 11.7. The maximum Gasteiger partial charge on any atom is 0.272 e. The van der Waals surface area contributed by atoms with Crippen LogP contribution in [0.15, 0.2) is 30.7 Å². The molecule has 1 aromatic heterocycles. The summed E-state index contributed by atoms with van der Waals surface area (Å²) in [5.74, 6) is 0.0795. The van der Waals surface area contributed by atoms with Crippen molar-refractivity contribution in [1.82, 2.24) is 9.88 Å². The van der Waals surface area contributed by atoms with Crippen LogP contribution in [0.3, 0.4) is 0 Å². The number of amides is 1. The third kappa shape index (κ3) is 2.78. The minimum Gasteiger partial charge on any atom is -0.513 e. The Morgan fingerprint density at radius 1 is 1.42 bits per heavy atom. The summed E-state index contributed by atoms with van der Waals surface area (Å²) in [6.45, 7) is 10.9. The van der Waals surface area contributed by atoms with Gasteiger partial charge in [0, 0.05) is 19.3 Å². The fourth-order valence-electron chi connectivity index (χ4n) is 1.98. The zero-order chi connectivity index (χ0) is 14.2. The van der Waals surface area contributed by atoms with E-state index in [9.17, 15) is 9.90 Å². The minimum absolute atomic E-state index is 0.0119. The molecule has 2 rings (SSSR count). The Balaban J connectivity index is 2.04. The number of aliphatic hydroxyl groups is 1. The van der Waals surface area contributed by atoms with Crippen LogP contribution >= 0.6 is 0 Å². The van der Waals surface area contributed by atoms with Crippen LogP contribution in [-0.4, -0.2) is 34.0 Å². The Morgan fingerprint density at radius 2 is 2.05 bits per heavy atom. The molecule has 19 heavy (non-hydrogen) atoms. The molecular formula is C15H20N2O2. The molecule has 102 valence electrons. The molecule has 2 heterocycles. The van der Waals surface area contributed by atoms with Crippen molar-refractivity contribution in [3.8, 4) is 0 Å². The molecule has 1 aliphatic heterocycles. The van der Waals surface area contributed by atoms with E-state index in [-0.39, 0.29) is 23.0 Å². The first-order valence-corrected chi connectivity index (χ1v) is 6.42. The van der Waals surface area contributed by atoms with Crippen molar-refractivity contribution in [1.29, 1.82) is 0 Å². The highest BCUT2D eigenvalue weighted by molar-refractivity contribution is 5.92. The van der Waals surface area contributed by atoms with Crippen LogP contribution in [0.5, 0.6) is 0 Å². The quantitative estimate of drug-likeness (QED) is 0.831. The van der Waals surface area contributed by atoms with Gasteiger partial charge in [0.15, 0.2) is 0 Å². The summed E-state index contributed by atoms with van der Waals surface area (Å²) in [7, 11) is 0. The van der Waals surface area contributed by atoms with Gasteiger partial charge in [-0.1, -0.05) is 33.4 Å². The topological polar surface area (TPSA) is 53.4 Å². The summed E-state index contributed by atoms with van der Waals surface area (Å²) in [5.41, 5.74) is 1.59. The average molecular weight is 260 g/mol. The molecule has 1 N–H and O–H groups in total. The van der Waals surface area contributed by atoms with E-state index in [4.69, 9.17) is 0 Å². The van der Waals surface area contributed by atoms with E-state index in [2.05, 4.69) is 32.3 Å². The highest BCUT2D eigenvalue weighted by Crippen LogP contribution is 2.24. The van der Waals surface area contributed by atoms with E-state index in [0.29, 0.717) is 18.8 Å². The number of carbonyl (C=O) groups excluding carboxylic acids is 1. The first-order chi connectivity index (χ1) is 8.79. The van der Waals surface area contributed by atoms with E-state index in [1.807, 2.05) is 6.07 Å². The van der Waals surface area contributed by atoms with Crippen molar-refractivity contribution < 1.29 is 9.90 Å². The maximum absolute atomic E-state index is 12.1. The molecule has 1 saturated heterocycles. The third-order valence-corrected chi connectivity index (χ3v) is 3.49. The van der Waals surface area contributed by atoms with Gasteiger partial charge >= 0.3 is 0 Å². The van der Waals surface area contributed by atoms with Crippen molar-refractivity contribution in [3.63, 3.8) is 0 Å². The third-order valence-electron chi connectivity index (χ3n) is 3.49. The Bertz CT molecular complexity index is 494. The van der Waals surface area contributed by atoms with E-state index >= 15 is 0 Å². The van der Waals surface area contributed by atoms with Gasteiger partial charge in [0.2, 0.25) is 0 Å². The summed E-state index contributed by atoms with van der Waals surface area (Å²) in [4.78, 5) is 18.0. The standard InChI is InChI=1S/C15H20N2O2/c1-10(18)11-8-17(9-11)14(19)13-6-5-12(7-16-13)15(2,3)4/h5-7,11,18H,1,8-9H2,2-4H3. The monoisotopic (exact) mass is 260 g/mol. The molecule has 0 atom stereocenters. The number of hydrogen-bond acceptors (Lipinski definition) is 3. The molecule has 1 fully saturated rings. The molecule has 0 spiro atoms. The van der Waals surface area contributed by atoms with Gasteiger partial charge in [-0.15, -0.1) is 0 Å². The maximum atomic E-state index is 12.1. The Morgan fingerprint density at radius 3 is 2.47 bits per heavy atom. The van der Waals surface area contributed by atoms with Crippen LogP contribution in [0.4, 0.5) is 0 Å². The summed E-state index contributed by atoms with van der Waals surface area (Å²) in [6.07, 6.45) is 1.76. The van der Waals surface area contributed by atoms with Gasteiger partial charge < -0.3 is 10.0 Å². The number of aromatic nitrogens is 1. The van der Waals surface area contributed by atoms with Crippen LogP contribution in [0.25, 0.3) is 0 Å². The molecular weight excluding hydrogens is 240 g/mol. The minimum atomic E-state index is -0.0852. The summed E-state index contributed by atoms with van der Waals surface area (Å²) >= 11 is 0. The van der Waals surface area contributed by atoms with Crippen LogP contribution in [0, 0.1) is 5.92 Å². The fraction of sp³-hybridized carbons (Fsp3) is 0.467. The molecule has 0 saturated carbocycles. The van der Waals surface area contributed by atoms with Gasteiger partial charge in [-0.05, 0) is 17.0 Å². The Kier molecular flexibility index (Phi) is 3.35. The fourth-order valence-corrected chi connectivity index (χ4v) is 1.98. The number of carbonyl (C=O) groups is 1. The van der Waals surface area contributed by atoms with Gasteiger partial charge in [-0.2, -0.15) is 0 Å².